The number of sulfonamides is 1. The molecule has 2 rings (SSSR count). The van der Waals surface area contributed by atoms with Crippen LogP contribution in [0.3, 0.4) is 0 Å². The molecule has 9 heteroatoms. The van der Waals surface area contributed by atoms with Gasteiger partial charge in [0.1, 0.15) is 5.75 Å². The molecule has 0 aliphatic carbocycles. The van der Waals surface area contributed by atoms with E-state index >= 15 is 0 Å². The number of phenols is 1. The number of aromatic hydroxyl groups is 1. The van der Waals surface area contributed by atoms with Crippen LogP contribution in [0, 0.1) is 5.82 Å². The molecule has 0 aromatic heterocycles. The molecule has 0 saturated carbocycles. The van der Waals surface area contributed by atoms with Crippen molar-refractivity contribution in [3.8, 4) is 5.75 Å². The molecule has 23 heavy (non-hydrogen) atoms. The Hall–Kier alpha value is -2.32. The molecule has 0 radical (unpaired) electrons. The van der Waals surface area contributed by atoms with Crippen LogP contribution in [0.4, 0.5) is 15.8 Å². The third kappa shape index (κ3) is 4.11. The molecule has 0 spiro atoms. The van der Waals surface area contributed by atoms with Crippen molar-refractivity contribution in [3.05, 3.63) is 47.2 Å². The lowest BCUT2D eigenvalue weighted by atomic mass is 10.3. The van der Waals surface area contributed by atoms with Gasteiger partial charge in [-0.2, -0.15) is 0 Å². The number of benzene rings is 2. The minimum Gasteiger partial charge on any atom is -0.506 e. The van der Waals surface area contributed by atoms with Crippen LogP contribution in [-0.2, 0) is 14.8 Å². The number of hydrogen-bond donors (Lipinski definition) is 3. The Kier molecular flexibility index (Phi) is 4.76. The third-order valence-corrected chi connectivity index (χ3v) is 4.45. The van der Waals surface area contributed by atoms with Gasteiger partial charge in [0.05, 0.1) is 15.6 Å². The zero-order chi connectivity index (χ0) is 17.2. The van der Waals surface area contributed by atoms with E-state index in [0.29, 0.717) is 11.8 Å². The summed E-state index contributed by atoms with van der Waals surface area (Å²) in [5.41, 5.74) is 0.0362. The van der Waals surface area contributed by atoms with Crippen molar-refractivity contribution >= 4 is 38.9 Å². The molecule has 0 saturated heterocycles. The van der Waals surface area contributed by atoms with Gasteiger partial charge in [0.15, 0.2) is 5.82 Å². The molecule has 122 valence electrons. The molecule has 3 N–H and O–H groups in total. The Labute approximate surface area is 137 Å². The lowest BCUT2D eigenvalue weighted by Crippen LogP contribution is -2.14. The van der Waals surface area contributed by atoms with Crippen molar-refractivity contribution in [2.24, 2.45) is 0 Å². The van der Waals surface area contributed by atoms with E-state index in [1.165, 1.54) is 31.2 Å². The summed E-state index contributed by atoms with van der Waals surface area (Å²) in [6.45, 7) is 1.32. The topological polar surface area (TPSA) is 95.5 Å². The maximum absolute atomic E-state index is 13.7. The second kappa shape index (κ2) is 6.43. The summed E-state index contributed by atoms with van der Waals surface area (Å²) in [5.74, 6) is -1.75. The predicted molar refractivity (Wildman–Crippen MR) is 84.6 cm³/mol. The maximum Gasteiger partial charge on any atom is 0.261 e. The van der Waals surface area contributed by atoms with Gasteiger partial charge in [0.25, 0.3) is 10.0 Å². The number of hydrogen-bond acceptors (Lipinski definition) is 4. The van der Waals surface area contributed by atoms with Gasteiger partial charge >= 0.3 is 0 Å². The number of amides is 1. The van der Waals surface area contributed by atoms with Crippen LogP contribution in [0.5, 0.6) is 5.75 Å². The Bertz CT molecular complexity index is 854. The van der Waals surface area contributed by atoms with Crippen molar-refractivity contribution in [2.75, 3.05) is 10.0 Å². The smallest absolute Gasteiger partial charge is 0.261 e. The summed E-state index contributed by atoms with van der Waals surface area (Å²) in [4.78, 5) is 10.8. The van der Waals surface area contributed by atoms with E-state index in [1.807, 2.05) is 4.72 Å². The number of halogens is 2. The second-order valence-corrected chi connectivity index (χ2v) is 6.68. The maximum atomic E-state index is 13.7. The Morgan fingerprint density at radius 3 is 2.39 bits per heavy atom. The Morgan fingerprint density at radius 2 is 1.83 bits per heavy atom. The molecule has 2 aromatic carbocycles. The molecule has 1 amide bonds. The van der Waals surface area contributed by atoms with Crippen LogP contribution in [0.1, 0.15) is 6.92 Å². The van der Waals surface area contributed by atoms with Gasteiger partial charge < -0.3 is 10.4 Å². The molecule has 2 aromatic rings. The van der Waals surface area contributed by atoms with Crippen molar-refractivity contribution in [2.45, 2.75) is 11.8 Å². The molecule has 0 fully saturated rings. The summed E-state index contributed by atoms with van der Waals surface area (Å²) in [5, 5.41) is 11.6. The zero-order valence-corrected chi connectivity index (χ0v) is 13.4. The first-order valence-corrected chi connectivity index (χ1v) is 8.13. The monoisotopic (exact) mass is 358 g/mol. The van der Waals surface area contributed by atoms with E-state index in [2.05, 4.69) is 5.32 Å². The second-order valence-electron chi connectivity index (χ2n) is 4.59. The lowest BCUT2D eigenvalue weighted by molar-refractivity contribution is -0.114. The standard InChI is InChI=1S/C14H12ClFN2O4S/c1-8(19)17-9-2-4-10(5-3-9)23(21,22)18-13-6-11(15)14(20)7-12(13)16/h2-7,18,20H,1H3,(H,17,19). The Morgan fingerprint density at radius 1 is 1.22 bits per heavy atom. The molecule has 0 unspecified atom stereocenters. The molecule has 0 atom stereocenters. The fourth-order valence-electron chi connectivity index (χ4n) is 1.74. The van der Waals surface area contributed by atoms with Gasteiger partial charge in [-0.1, -0.05) is 11.6 Å². The minimum absolute atomic E-state index is 0.129. The molecule has 0 heterocycles. The molecule has 0 aliphatic heterocycles. The van der Waals surface area contributed by atoms with Gasteiger partial charge in [-0.15, -0.1) is 0 Å². The SMILES string of the molecule is CC(=O)Nc1ccc(S(=O)(=O)Nc2cc(Cl)c(O)cc2F)cc1. The van der Waals surface area contributed by atoms with Crippen LogP contribution in [0.25, 0.3) is 0 Å². The normalized spacial score (nSPS) is 11.1. The first kappa shape index (κ1) is 17.0. The van der Waals surface area contributed by atoms with Crippen molar-refractivity contribution < 1.29 is 22.7 Å². The molecular weight excluding hydrogens is 347 g/mol. The van der Waals surface area contributed by atoms with Crippen LogP contribution in [0.2, 0.25) is 5.02 Å². The number of carbonyl (C=O) groups excluding carboxylic acids is 1. The highest BCUT2D eigenvalue weighted by Gasteiger charge is 2.18. The van der Waals surface area contributed by atoms with Gasteiger partial charge in [0, 0.05) is 18.7 Å². The lowest BCUT2D eigenvalue weighted by Gasteiger charge is -2.10. The van der Waals surface area contributed by atoms with Crippen molar-refractivity contribution in [3.63, 3.8) is 0 Å². The summed E-state index contributed by atoms with van der Waals surface area (Å²) in [6.07, 6.45) is 0. The largest absolute Gasteiger partial charge is 0.506 e. The predicted octanol–water partition coefficient (Wildman–Crippen LogP) is 2.94. The third-order valence-electron chi connectivity index (χ3n) is 2.77. The van der Waals surface area contributed by atoms with Crippen molar-refractivity contribution in [1.29, 1.82) is 0 Å². The quantitative estimate of drug-likeness (QED) is 0.732. The number of phenolic OH excluding ortho intramolecular Hbond substituents is 1. The summed E-state index contributed by atoms with van der Waals surface area (Å²) in [6, 6.07) is 6.99. The average Bonchev–Trinajstić information content (AvgIpc) is 2.44. The van der Waals surface area contributed by atoms with Crippen LogP contribution in [0.15, 0.2) is 41.3 Å². The highest BCUT2D eigenvalue weighted by atomic mass is 35.5. The van der Waals surface area contributed by atoms with E-state index in [0.717, 1.165) is 6.07 Å². The number of anilines is 2. The van der Waals surface area contributed by atoms with Gasteiger partial charge in [-0.3, -0.25) is 9.52 Å². The fourth-order valence-corrected chi connectivity index (χ4v) is 2.96. The minimum atomic E-state index is -4.05. The highest BCUT2D eigenvalue weighted by molar-refractivity contribution is 7.92. The highest BCUT2D eigenvalue weighted by Crippen LogP contribution is 2.30. The van der Waals surface area contributed by atoms with E-state index in [-0.39, 0.29) is 15.8 Å². The molecule has 0 aliphatic rings. The number of carbonyl (C=O) groups is 1. The van der Waals surface area contributed by atoms with Crippen LogP contribution >= 0.6 is 11.6 Å². The van der Waals surface area contributed by atoms with E-state index < -0.39 is 27.3 Å². The molecule has 0 bridgehead atoms. The summed E-state index contributed by atoms with van der Waals surface area (Å²) >= 11 is 5.64. The molecular formula is C14H12ClFN2O4S. The first-order chi connectivity index (χ1) is 10.7. The van der Waals surface area contributed by atoms with Crippen LogP contribution in [-0.4, -0.2) is 19.4 Å². The molecule has 6 nitrogen and oxygen atoms in total. The number of nitrogens with one attached hydrogen (secondary N) is 2. The van der Waals surface area contributed by atoms with Gasteiger partial charge in [-0.05, 0) is 30.3 Å². The van der Waals surface area contributed by atoms with Crippen LogP contribution < -0.4 is 10.0 Å². The van der Waals surface area contributed by atoms with Gasteiger partial charge in [0.2, 0.25) is 5.91 Å². The van der Waals surface area contributed by atoms with Gasteiger partial charge in [-0.25, -0.2) is 12.8 Å². The Balaban J connectivity index is 2.28. The fraction of sp³-hybridized carbons (Fsp3) is 0.0714. The summed E-state index contributed by atoms with van der Waals surface area (Å²) in [7, 11) is -4.05. The average molecular weight is 359 g/mol. The van der Waals surface area contributed by atoms with E-state index in [9.17, 15) is 22.7 Å². The van der Waals surface area contributed by atoms with Crippen molar-refractivity contribution in [1.82, 2.24) is 0 Å². The zero-order valence-electron chi connectivity index (χ0n) is 11.8. The first-order valence-electron chi connectivity index (χ1n) is 6.27. The van der Waals surface area contributed by atoms with E-state index in [1.54, 1.807) is 0 Å². The number of rotatable bonds is 4. The van der Waals surface area contributed by atoms with E-state index in [4.69, 9.17) is 11.6 Å². The summed E-state index contributed by atoms with van der Waals surface area (Å²) < 4.78 is 40.2.